The van der Waals surface area contributed by atoms with Gasteiger partial charge in [0, 0.05) is 28.7 Å². The van der Waals surface area contributed by atoms with Gasteiger partial charge in [-0.1, -0.05) is 78.0 Å². The summed E-state index contributed by atoms with van der Waals surface area (Å²) in [6, 6.07) is 11.4. The van der Waals surface area contributed by atoms with Crippen LogP contribution in [-0.2, 0) is 17.3 Å². The lowest BCUT2D eigenvalue weighted by Crippen LogP contribution is -2.17. The Kier molecular flexibility index (Phi) is 6.21. The molecule has 4 heteroatoms. The summed E-state index contributed by atoms with van der Waals surface area (Å²) < 4.78 is 5.79. The summed E-state index contributed by atoms with van der Waals surface area (Å²) in [7, 11) is 0. The Hall–Kier alpha value is -3.14. The number of aromatic hydroxyl groups is 1. The molecule has 0 fully saturated rings. The number of nitrogens with zero attached hydrogens (tertiary/aromatic N) is 1. The molecule has 2 aromatic carbocycles. The summed E-state index contributed by atoms with van der Waals surface area (Å²) in [5.74, 6) is 0.897. The number of carbonyl (C=O) groups excluding carboxylic acids is 1. The molecular weight excluding hydrogens is 386 g/mol. The first-order chi connectivity index (χ1) is 14.5. The van der Waals surface area contributed by atoms with E-state index in [9.17, 15) is 9.90 Å². The molecule has 0 spiro atoms. The van der Waals surface area contributed by atoms with Crippen LogP contribution in [0.1, 0.15) is 74.3 Å². The van der Waals surface area contributed by atoms with Crippen LogP contribution in [0.15, 0.2) is 53.2 Å². The van der Waals surface area contributed by atoms with Crippen molar-refractivity contribution >= 4 is 12.4 Å². The fourth-order valence-electron chi connectivity index (χ4n) is 3.44. The lowest BCUT2D eigenvalue weighted by molar-refractivity contribution is 0.112. The average Bonchev–Trinajstić information content (AvgIpc) is 3.16. The van der Waals surface area contributed by atoms with Crippen molar-refractivity contribution in [1.29, 1.82) is 0 Å². The topological polar surface area (TPSA) is 63.3 Å². The van der Waals surface area contributed by atoms with Crippen LogP contribution >= 0.6 is 0 Å². The van der Waals surface area contributed by atoms with Crippen LogP contribution in [-0.4, -0.2) is 16.4 Å². The van der Waals surface area contributed by atoms with Gasteiger partial charge in [0.2, 0.25) is 5.89 Å². The average molecular weight is 418 g/mol. The van der Waals surface area contributed by atoms with E-state index in [1.807, 2.05) is 36.4 Å². The van der Waals surface area contributed by atoms with Gasteiger partial charge in [-0.25, -0.2) is 4.98 Å². The highest BCUT2D eigenvalue weighted by Crippen LogP contribution is 2.41. The summed E-state index contributed by atoms with van der Waals surface area (Å²) in [4.78, 5) is 15.4. The predicted octanol–water partition coefficient (Wildman–Crippen LogP) is 6.71. The summed E-state index contributed by atoms with van der Waals surface area (Å²) in [6.07, 6.45) is 7.17. The van der Waals surface area contributed by atoms with Gasteiger partial charge in [0.15, 0.2) is 0 Å². The van der Waals surface area contributed by atoms with E-state index in [0.717, 1.165) is 34.2 Å². The Morgan fingerprint density at radius 1 is 0.935 bits per heavy atom. The third-order valence-electron chi connectivity index (χ3n) is 5.23. The van der Waals surface area contributed by atoms with Gasteiger partial charge in [0.1, 0.15) is 18.3 Å². The first kappa shape index (κ1) is 22.5. The molecule has 0 aliphatic rings. The Morgan fingerprint density at radius 2 is 1.48 bits per heavy atom. The maximum Gasteiger partial charge on any atom is 0.226 e. The number of aldehydes is 1. The largest absolute Gasteiger partial charge is 0.507 e. The van der Waals surface area contributed by atoms with E-state index in [1.54, 1.807) is 18.4 Å². The number of phenols is 1. The number of aromatic nitrogens is 1. The summed E-state index contributed by atoms with van der Waals surface area (Å²) in [5.41, 5.74) is 4.73. The molecule has 0 aliphatic heterocycles. The number of hydrogen-bond donors (Lipinski definition) is 1. The normalized spacial score (nSPS) is 12.5. The number of rotatable bonds is 5. The van der Waals surface area contributed by atoms with E-state index in [4.69, 9.17) is 4.42 Å². The van der Waals surface area contributed by atoms with Crippen LogP contribution in [0.4, 0.5) is 0 Å². The molecule has 0 unspecified atom stereocenters. The zero-order chi connectivity index (χ0) is 22.8. The van der Waals surface area contributed by atoms with Crippen molar-refractivity contribution in [3.8, 4) is 17.2 Å². The first-order valence-corrected chi connectivity index (χ1v) is 10.5. The fraction of sp³-hybridized carbons (Fsp3) is 0.333. The van der Waals surface area contributed by atoms with Gasteiger partial charge in [-0.3, -0.25) is 4.79 Å². The van der Waals surface area contributed by atoms with E-state index in [2.05, 4.69) is 46.5 Å². The second-order valence-corrected chi connectivity index (χ2v) is 9.95. The van der Waals surface area contributed by atoms with Gasteiger partial charge in [-0.2, -0.15) is 0 Å². The van der Waals surface area contributed by atoms with Gasteiger partial charge >= 0.3 is 0 Å². The van der Waals surface area contributed by atoms with Crippen molar-refractivity contribution in [2.24, 2.45) is 0 Å². The van der Waals surface area contributed by atoms with Gasteiger partial charge in [-0.15, -0.1) is 0 Å². The van der Waals surface area contributed by atoms with Gasteiger partial charge in [-0.05, 0) is 28.5 Å². The summed E-state index contributed by atoms with van der Waals surface area (Å²) >= 11 is 0. The fourth-order valence-corrected chi connectivity index (χ4v) is 3.44. The minimum Gasteiger partial charge on any atom is -0.507 e. The van der Waals surface area contributed by atoms with E-state index < -0.39 is 0 Å². The zero-order valence-corrected chi connectivity index (χ0v) is 19.2. The van der Waals surface area contributed by atoms with Crippen LogP contribution in [0.25, 0.3) is 17.5 Å². The van der Waals surface area contributed by atoms with Gasteiger partial charge in [0.25, 0.3) is 0 Å². The van der Waals surface area contributed by atoms with Crippen molar-refractivity contribution in [2.45, 2.75) is 58.8 Å². The second-order valence-electron chi connectivity index (χ2n) is 9.95. The molecule has 1 aromatic heterocycles. The molecule has 0 saturated carbocycles. The Morgan fingerprint density at radius 3 is 2.00 bits per heavy atom. The second kappa shape index (κ2) is 8.54. The van der Waals surface area contributed by atoms with Crippen molar-refractivity contribution in [1.82, 2.24) is 4.98 Å². The lowest BCUT2D eigenvalue weighted by Gasteiger charge is -2.27. The molecule has 31 heavy (non-hydrogen) atoms. The van der Waals surface area contributed by atoms with E-state index in [-0.39, 0.29) is 10.8 Å². The molecule has 0 amide bonds. The van der Waals surface area contributed by atoms with Crippen LogP contribution in [0.3, 0.4) is 0 Å². The van der Waals surface area contributed by atoms with E-state index in [0.29, 0.717) is 23.6 Å². The minimum absolute atomic E-state index is 0.211. The van der Waals surface area contributed by atoms with Crippen molar-refractivity contribution in [3.05, 3.63) is 76.7 Å². The third kappa shape index (κ3) is 5.32. The van der Waals surface area contributed by atoms with Crippen LogP contribution < -0.4 is 0 Å². The molecule has 3 aromatic rings. The molecule has 3 rings (SSSR count). The molecule has 0 aliphatic carbocycles. The SMILES string of the molecule is CC(C)(C)c1cc(-c2nc(C/C=C\c3ccc(C=O)cc3)co2)cc(C(C)(C)C)c1O. The number of oxazole rings is 1. The van der Waals surface area contributed by atoms with Crippen molar-refractivity contribution in [2.75, 3.05) is 0 Å². The van der Waals surface area contributed by atoms with Crippen molar-refractivity contribution < 1.29 is 14.3 Å². The quantitative estimate of drug-likeness (QED) is 0.469. The highest BCUT2D eigenvalue weighted by Gasteiger charge is 2.27. The molecular formula is C27H31NO3. The van der Waals surface area contributed by atoms with Crippen LogP contribution in [0, 0.1) is 0 Å². The predicted molar refractivity (Wildman–Crippen MR) is 126 cm³/mol. The van der Waals surface area contributed by atoms with Crippen LogP contribution in [0.5, 0.6) is 5.75 Å². The molecule has 4 nitrogen and oxygen atoms in total. The minimum atomic E-state index is -0.211. The van der Waals surface area contributed by atoms with Crippen LogP contribution in [0.2, 0.25) is 0 Å². The number of benzene rings is 2. The molecule has 0 atom stereocenters. The maximum absolute atomic E-state index is 10.9. The standard InChI is InChI=1S/C27H31NO3/c1-26(2,3)22-14-20(15-23(24(22)30)27(4,5)6)25-28-21(17-31-25)9-7-8-18-10-12-19(16-29)13-11-18/h7-8,10-17,30H,9H2,1-6H3/b8-7-. The van der Waals surface area contributed by atoms with Crippen molar-refractivity contribution in [3.63, 3.8) is 0 Å². The monoisotopic (exact) mass is 417 g/mol. The molecule has 1 N–H and O–H groups in total. The maximum atomic E-state index is 10.9. The summed E-state index contributed by atoms with van der Waals surface area (Å²) in [6.45, 7) is 12.5. The van der Waals surface area contributed by atoms with E-state index in [1.165, 1.54) is 0 Å². The molecule has 1 heterocycles. The smallest absolute Gasteiger partial charge is 0.226 e. The summed E-state index contributed by atoms with van der Waals surface area (Å²) in [5, 5.41) is 10.9. The Balaban J connectivity index is 1.87. The van der Waals surface area contributed by atoms with E-state index >= 15 is 0 Å². The molecule has 0 bridgehead atoms. The zero-order valence-electron chi connectivity index (χ0n) is 19.2. The molecule has 0 saturated heterocycles. The Labute approximate surface area is 184 Å². The number of hydrogen-bond acceptors (Lipinski definition) is 4. The van der Waals surface area contributed by atoms with Gasteiger partial charge in [0.05, 0.1) is 5.69 Å². The number of carbonyl (C=O) groups is 1. The lowest BCUT2D eigenvalue weighted by atomic mass is 9.78. The highest BCUT2D eigenvalue weighted by molar-refractivity contribution is 5.75. The Bertz CT molecular complexity index is 1060. The highest BCUT2D eigenvalue weighted by atomic mass is 16.3. The third-order valence-corrected chi connectivity index (χ3v) is 5.23. The number of allylic oxidation sites excluding steroid dienone is 1. The molecule has 0 radical (unpaired) electrons. The number of phenolic OH excluding ortho intramolecular Hbond substituents is 1. The van der Waals surface area contributed by atoms with Gasteiger partial charge < -0.3 is 9.52 Å². The molecule has 162 valence electrons. The first-order valence-electron chi connectivity index (χ1n) is 10.5.